The SMILES string of the molecule is COCCn1c(SCc2ccccn2)nc2c(c1=O)SCC2. The van der Waals surface area contributed by atoms with Crippen molar-refractivity contribution in [3.05, 3.63) is 46.1 Å². The van der Waals surface area contributed by atoms with E-state index in [0.29, 0.717) is 18.9 Å². The van der Waals surface area contributed by atoms with Crippen LogP contribution >= 0.6 is 23.5 Å². The van der Waals surface area contributed by atoms with E-state index in [-0.39, 0.29) is 5.56 Å². The average molecular weight is 335 g/mol. The molecule has 0 amide bonds. The minimum Gasteiger partial charge on any atom is -0.383 e. The van der Waals surface area contributed by atoms with Gasteiger partial charge in [-0.05, 0) is 12.1 Å². The normalized spacial score (nSPS) is 13.3. The lowest BCUT2D eigenvalue weighted by Gasteiger charge is -2.13. The van der Waals surface area contributed by atoms with E-state index in [1.807, 2.05) is 18.2 Å². The van der Waals surface area contributed by atoms with Gasteiger partial charge in [0, 0.05) is 31.2 Å². The second-order valence-electron chi connectivity index (χ2n) is 4.83. The van der Waals surface area contributed by atoms with Gasteiger partial charge in [-0.15, -0.1) is 11.8 Å². The highest BCUT2D eigenvalue weighted by atomic mass is 32.2. The molecule has 1 aliphatic rings. The maximum Gasteiger partial charge on any atom is 0.268 e. The lowest BCUT2D eigenvalue weighted by atomic mass is 10.3. The highest BCUT2D eigenvalue weighted by Gasteiger charge is 2.21. The summed E-state index contributed by atoms with van der Waals surface area (Å²) in [4.78, 5) is 22.4. The lowest BCUT2D eigenvalue weighted by Crippen LogP contribution is -2.27. The zero-order chi connectivity index (χ0) is 15.4. The number of methoxy groups -OCH3 is 1. The van der Waals surface area contributed by atoms with Crippen molar-refractivity contribution in [1.29, 1.82) is 0 Å². The number of thioether (sulfide) groups is 2. The summed E-state index contributed by atoms with van der Waals surface area (Å²) >= 11 is 3.16. The maximum absolute atomic E-state index is 12.6. The fourth-order valence-electron chi connectivity index (χ4n) is 2.24. The Morgan fingerprint density at radius 2 is 2.36 bits per heavy atom. The third-order valence-electron chi connectivity index (χ3n) is 3.34. The molecule has 0 spiro atoms. The molecule has 2 aromatic heterocycles. The second-order valence-corrected chi connectivity index (χ2v) is 6.88. The Hall–Kier alpha value is -1.31. The highest BCUT2D eigenvalue weighted by molar-refractivity contribution is 7.99. The van der Waals surface area contributed by atoms with Crippen LogP contribution in [0.25, 0.3) is 0 Å². The van der Waals surface area contributed by atoms with Crippen molar-refractivity contribution in [2.24, 2.45) is 0 Å². The van der Waals surface area contributed by atoms with Crippen LogP contribution < -0.4 is 5.56 Å². The Balaban J connectivity index is 1.88. The molecule has 116 valence electrons. The zero-order valence-electron chi connectivity index (χ0n) is 12.3. The number of rotatable bonds is 6. The first-order chi connectivity index (χ1) is 10.8. The van der Waals surface area contributed by atoms with Gasteiger partial charge in [0.05, 0.1) is 29.4 Å². The topological polar surface area (TPSA) is 57.0 Å². The summed E-state index contributed by atoms with van der Waals surface area (Å²) in [6.45, 7) is 1.03. The Labute approximate surface area is 137 Å². The Morgan fingerprint density at radius 3 is 3.14 bits per heavy atom. The molecule has 0 bridgehead atoms. The van der Waals surface area contributed by atoms with Gasteiger partial charge in [-0.3, -0.25) is 14.3 Å². The number of fused-ring (bicyclic) bond motifs is 1. The Morgan fingerprint density at radius 1 is 1.45 bits per heavy atom. The average Bonchev–Trinajstić information content (AvgIpc) is 3.02. The third-order valence-corrected chi connectivity index (χ3v) is 5.46. The molecular formula is C15H17N3O2S2. The molecule has 0 saturated carbocycles. The molecule has 3 heterocycles. The van der Waals surface area contributed by atoms with Crippen molar-refractivity contribution >= 4 is 23.5 Å². The summed E-state index contributed by atoms with van der Waals surface area (Å²) in [6.07, 6.45) is 2.65. The van der Waals surface area contributed by atoms with Crippen molar-refractivity contribution in [3.8, 4) is 0 Å². The summed E-state index contributed by atoms with van der Waals surface area (Å²) in [5, 5.41) is 0.758. The molecule has 5 nitrogen and oxygen atoms in total. The second kappa shape index (κ2) is 7.30. The Bertz CT molecular complexity index is 704. The minimum atomic E-state index is 0.0630. The van der Waals surface area contributed by atoms with E-state index in [9.17, 15) is 4.79 Å². The molecule has 0 radical (unpaired) electrons. The van der Waals surface area contributed by atoms with Gasteiger partial charge in [0.15, 0.2) is 5.16 Å². The van der Waals surface area contributed by atoms with Gasteiger partial charge in [0.25, 0.3) is 5.56 Å². The van der Waals surface area contributed by atoms with E-state index in [2.05, 4.69) is 4.98 Å². The molecule has 2 aromatic rings. The molecule has 0 atom stereocenters. The van der Waals surface area contributed by atoms with Gasteiger partial charge in [0.2, 0.25) is 0 Å². The highest BCUT2D eigenvalue weighted by Crippen LogP contribution is 2.29. The van der Waals surface area contributed by atoms with Crippen LogP contribution in [0.5, 0.6) is 0 Å². The predicted octanol–water partition coefficient (Wildman–Crippen LogP) is 2.23. The van der Waals surface area contributed by atoms with Gasteiger partial charge in [-0.1, -0.05) is 17.8 Å². The van der Waals surface area contributed by atoms with Gasteiger partial charge < -0.3 is 4.74 Å². The fraction of sp³-hybridized carbons (Fsp3) is 0.400. The van der Waals surface area contributed by atoms with Crippen LogP contribution in [0.3, 0.4) is 0 Å². The molecule has 0 fully saturated rings. The van der Waals surface area contributed by atoms with E-state index in [1.165, 1.54) is 0 Å². The third kappa shape index (κ3) is 3.37. The Kier molecular flexibility index (Phi) is 5.17. The van der Waals surface area contributed by atoms with E-state index in [1.54, 1.807) is 41.4 Å². The quantitative estimate of drug-likeness (QED) is 0.596. The smallest absolute Gasteiger partial charge is 0.268 e. The van der Waals surface area contributed by atoms with Gasteiger partial charge in [0.1, 0.15) is 0 Å². The van der Waals surface area contributed by atoms with Crippen LogP contribution in [0.1, 0.15) is 11.4 Å². The van der Waals surface area contributed by atoms with Crippen LogP contribution in [0, 0.1) is 0 Å². The van der Waals surface area contributed by atoms with E-state index in [4.69, 9.17) is 9.72 Å². The van der Waals surface area contributed by atoms with Gasteiger partial charge in [-0.25, -0.2) is 4.98 Å². The van der Waals surface area contributed by atoms with Crippen LogP contribution in [0.15, 0.2) is 39.2 Å². The molecule has 0 N–H and O–H groups in total. The van der Waals surface area contributed by atoms with Gasteiger partial charge >= 0.3 is 0 Å². The summed E-state index contributed by atoms with van der Waals surface area (Å²) in [7, 11) is 1.64. The fourth-order valence-corrected chi connectivity index (χ4v) is 4.24. The van der Waals surface area contributed by atoms with Crippen LogP contribution in [-0.4, -0.2) is 34.0 Å². The van der Waals surface area contributed by atoms with Crippen molar-refractivity contribution in [2.75, 3.05) is 19.5 Å². The van der Waals surface area contributed by atoms with Crippen molar-refractivity contribution < 1.29 is 4.74 Å². The van der Waals surface area contributed by atoms with E-state index >= 15 is 0 Å². The molecule has 0 aromatic carbocycles. The largest absolute Gasteiger partial charge is 0.383 e. The van der Waals surface area contributed by atoms with Crippen molar-refractivity contribution in [1.82, 2.24) is 14.5 Å². The summed E-state index contributed by atoms with van der Waals surface area (Å²) in [5.74, 6) is 1.64. The first-order valence-corrected chi connectivity index (χ1v) is 9.05. The number of aryl methyl sites for hydroxylation is 1. The maximum atomic E-state index is 12.6. The first kappa shape index (κ1) is 15.6. The molecule has 0 unspecified atom stereocenters. The standard InChI is InChI=1S/C15H17N3O2S2/c1-20-8-7-18-14(19)13-12(5-9-21-13)17-15(18)22-10-11-4-2-3-6-16-11/h2-4,6H,5,7-10H2,1H3. The molecule has 0 saturated heterocycles. The molecule has 1 aliphatic heterocycles. The van der Waals surface area contributed by atoms with Crippen molar-refractivity contribution in [2.45, 2.75) is 28.8 Å². The number of hydrogen-bond donors (Lipinski definition) is 0. The number of hydrogen-bond acceptors (Lipinski definition) is 6. The summed E-state index contributed by atoms with van der Waals surface area (Å²) in [5.41, 5.74) is 1.98. The number of pyridine rings is 1. The minimum absolute atomic E-state index is 0.0630. The predicted molar refractivity (Wildman–Crippen MR) is 88.6 cm³/mol. The zero-order valence-corrected chi connectivity index (χ0v) is 14.0. The molecule has 7 heteroatoms. The summed E-state index contributed by atoms with van der Waals surface area (Å²) < 4.78 is 6.85. The molecule has 0 aliphatic carbocycles. The van der Waals surface area contributed by atoms with Crippen LogP contribution in [0.4, 0.5) is 0 Å². The monoisotopic (exact) mass is 335 g/mol. The number of aromatic nitrogens is 3. The van der Waals surface area contributed by atoms with E-state index < -0.39 is 0 Å². The lowest BCUT2D eigenvalue weighted by molar-refractivity contribution is 0.182. The number of ether oxygens (including phenoxy) is 1. The molecular weight excluding hydrogens is 318 g/mol. The van der Waals surface area contributed by atoms with Gasteiger partial charge in [-0.2, -0.15) is 0 Å². The number of nitrogens with zero attached hydrogens (tertiary/aromatic N) is 3. The summed E-state index contributed by atoms with van der Waals surface area (Å²) in [6, 6.07) is 5.84. The van der Waals surface area contributed by atoms with E-state index in [0.717, 1.165) is 33.6 Å². The first-order valence-electron chi connectivity index (χ1n) is 7.07. The van der Waals surface area contributed by atoms with Crippen LogP contribution in [-0.2, 0) is 23.5 Å². The molecule has 3 rings (SSSR count). The van der Waals surface area contributed by atoms with Crippen molar-refractivity contribution in [3.63, 3.8) is 0 Å². The van der Waals surface area contributed by atoms with Crippen LogP contribution in [0.2, 0.25) is 0 Å². The molecule has 22 heavy (non-hydrogen) atoms.